The van der Waals surface area contributed by atoms with Gasteiger partial charge in [-0.05, 0) is 37.5 Å². The molecule has 0 radical (unpaired) electrons. The fourth-order valence-electron chi connectivity index (χ4n) is 3.70. The number of rotatable bonds is 5. The van der Waals surface area contributed by atoms with Gasteiger partial charge in [0.05, 0.1) is 32.0 Å². The summed E-state index contributed by atoms with van der Waals surface area (Å²) < 4.78 is 75.8. The molecule has 3 heterocycles. The van der Waals surface area contributed by atoms with Crippen LogP contribution < -0.4 is 0 Å². The lowest BCUT2D eigenvalue weighted by molar-refractivity contribution is -0.193. The molecule has 2 aromatic heterocycles. The van der Waals surface area contributed by atoms with Gasteiger partial charge in [0.25, 0.3) is 0 Å². The predicted molar refractivity (Wildman–Crippen MR) is 120 cm³/mol. The van der Waals surface area contributed by atoms with Crippen LogP contribution in [0.4, 0.5) is 26.3 Å². The number of carbonyl (C=O) groups is 2. The molecular weight excluding hydrogens is 548 g/mol. The molecule has 2 N–H and O–H groups in total. The second-order valence-electron chi connectivity index (χ2n) is 8.14. The molecule has 2 aromatic rings. The van der Waals surface area contributed by atoms with E-state index < -0.39 is 24.3 Å². The number of hydrogen-bond donors (Lipinski definition) is 2. The molecular formula is C22H25F6N3O6S. The van der Waals surface area contributed by atoms with Crippen LogP contribution in [0.25, 0.3) is 0 Å². The van der Waals surface area contributed by atoms with Gasteiger partial charge in [0.2, 0.25) is 0 Å². The van der Waals surface area contributed by atoms with Crippen molar-refractivity contribution in [2.45, 2.75) is 63.5 Å². The molecule has 2 fully saturated rings. The highest BCUT2D eigenvalue weighted by atomic mass is 32.1. The van der Waals surface area contributed by atoms with Crippen LogP contribution in [0.2, 0.25) is 0 Å². The van der Waals surface area contributed by atoms with E-state index >= 15 is 0 Å². The Morgan fingerprint density at radius 2 is 1.68 bits per heavy atom. The van der Waals surface area contributed by atoms with Crippen molar-refractivity contribution in [1.82, 2.24) is 14.9 Å². The number of fused-ring (bicyclic) bond motifs is 2. The molecule has 2 bridgehead atoms. The summed E-state index contributed by atoms with van der Waals surface area (Å²) in [4.78, 5) is 29.0. The molecule has 1 aliphatic carbocycles. The molecule has 9 nitrogen and oxygen atoms in total. The van der Waals surface area contributed by atoms with E-state index in [1.54, 1.807) is 11.3 Å². The minimum Gasteiger partial charge on any atom is -0.475 e. The van der Waals surface area contributed by atoms with Crippen LogP contribution in [-0.2, 0) is 32.2 Å². The molecule has 4 rings (SSSR count). The van der Waals surface area contributed by atoms with Crippen molar-refractivity contribution in [2.75, 3.05) is 13.2 Å². The van der Waals surface area contributed by atoms with Crippen LogP contribution in [0.5, 0.6) is 0 Å². The van der Waals surface area contributed by atoms with Gasteiger partial charge in [-0.25, -0.2) is 14.6 Å². The number of thiazole rings is 1. The summed E-state index contributed by atoms with van der Waals surface area (Å²) in [5.41, 5.74) is 2.27. The van der Waals surface area contributed by atoms with E-state index in [9.17, 15) is 26.3 Å². The fourth-order valence-corrected chi connectivity index (χ4v) is 4.50. The predicted octanol–water partition coefficient (Wildman–Crippen LogP) is 4.06. The summed E-state index contributed by atoms with van der Waals surface area (Å²) in [5.74, 6) is -5.51. The average molecular weight is 574 g/mol. The smallest absolute Gasteiger partial charge is 0.475 e. The minimum atomic E-state index is -5.08. The number of carboxylic acid groups (broad SMARTS) is 2. The number of alkyl halides is 6. The maximum Gasteiger partial charge on any atom is 0.490 e. The number of aryl methyl sites for hydroxylation is 1. The quantitative estimate of drug-likeness (QED) is 0.510. The van der Waals surface area contributed by atoms with E-state index in [1.165, 1.54) is 5.01 Å². The Hall–Kier alpha value is -2.82. The molecule has 0 amide bonds. The Bertz CT molecular complexity index is 1010. The number of carboxylic acids is 2. The first kappa shape index (κ1) is 31.4. The van der Waals surface area contributed by atoms with E-state index in [0.717, 1.165) is 43.8 Å². The van der Waals surface area contributed by atoms with E-state index in [2.05, 4.69) is 27.2 Å². The Labute approximate surface area is 217 Å². The Balaban J connectivity index is 0.000000301. The Morgan fingerprint density at radius 3 is 2.18 bits per heavy atom. The summed E-state index contributed by atoms with van der Waals surface area (Å²) in [6.45, 7) is 5.30. The highest BCUT2D eigenvalue weighted by molar-refractivity contribution is 7.09. The molecule has 38 heavy (non-hydrogen) atoms. The van der Waals surface area contributed by atoms with Crippen molar-refractivity contribution in [3.8, 4) is 0 Å². The van der Waals surface area contributed by atoms with Gasteiger partial charge in [-0.3, -0.25) is 9.88 Å². The number of aliphatic carboxylic acids is 2. The summed E-state index contributed by atoms with van der Waals surface area (Å²) in [7, 11) is 0. The number of aromatic nitrogens is 2. The maximum atomic E-state index is 10.6. The summed E-state index contributed by atoms with van der Waals surface area (Å²) in [6.07, 6.45) is -3.96. The van der Waals surface area contributed by atoms with Gasteiger partial charge in [-0.2, -0.15) is 26.3 Å². The number of halogens is 6. The van der Waals surface area contributed by atoms with Crippen LogP contribution in [0.15, 0.2) is 29.9 Å². The number of nitrogens with zero attached hydrogens (tertiary/aromatic N) is 3. The van der Waals surface area contributed by atoms with Crippen LogP contribution in [0.1, 0.15) is 29.1 Å². The second kappa shape index (κ2) is 13.8. The molecule has 2 aliphatic rings. The second-order valence-corrected chi connectivity index (χ2v) is 9.09. The van der Waals surface area contributed by atoms with E-state index in [0.29, 0.717) is 12.6 Å². The lowest BCUT2D eigenvalue weighted by Gasteiger charge is -2.30. The average Bonchev–Trinajstić information content (AvgIpc) is 3.37. The van der Waals surface area contributed by atoms with Crippen LogP contribution in [0.3, 0.4) is 0 Å². The van der Waals surface area contributed by atoms with Gasteiger partial charge >= 0.3 is 24.3 Å². The van der Waals surface area contributed by atoms with Crippen molar-refractivity contribution in [3.63, 3.8) is 0 Å². The lowest BCUT2D eigenvalue weighted by atomic mass is 10.1. The van der Waals surface area contributed by atoms with Crippen LogP contribution >= 0.6 is 11.3 Å². The normalized spacial score (nSPS) is 21.4. The standard InChI is InChI=1S/C18H23N3O2S.2C2HF3O2/c1-13-12-24-17(20-13)10-21-8-9-22-16-3-2-15(21)18(16)23-11-14-4-6-19-7-5-14;2*3-2(4,5)1(6)7/h4-7,12,15-16,18H,2-3,8-11H2,1H3;2*(H,6,7). The SMILES string of the molecule is Cc1csc(CN2CCOC3CCC2C3OCc2ccncc2)n1.O=C(O)C(F)(F)F.O=C(O)C(F)(F)F. The zero-order valence-corrected chi connectivity index (χ0v) is 20.7. The number of hydrogen-bond acceptors (Lipinski definition) is 8. The van der Waals surface area contributed by atoms with Gasteiger partial charge in [0.1, 0.15) is 5.01 Å². The minimum absolute atomic E-state index is 0.140. The largest absolute Gasteiger partial charge is 0.490 e. The van der Waals surface area contributed by atoms with Gasteiger partial charge in [0, 0.05) is 36.1 Å². The van der Waals surface area contributed by atoms with Crippen molar-refractivity contribution in [1.29, 1.82) is 0 Å². The molecule has 0 aromatic carbocycles. The molecule has 1 saturated heterocycles. The monoisotopic (exact) mass is 573 g/mol. The zero-order chi connectivity index (χ0) is 28.5. The van der Waals surface area contributed by atoms with E-state index in [-0.39, 0.29) is 12.2 Å². The molecule has 212 valence electrons. The Kier molecular flexibility index (Phi) is 11.4. The maximum absolute atomic E-state index is 10.6. The highest BCUT2D eigenvalue weighted by Crippen LogP contribution is 2.33. The summed E-state index contributed by atoms with van der Waals surface area (Å²) >= 11 is 1.75. The number of pyridine rings is 1. The molecule has 16 heteroatoms. The number of ether oxygens (including phenoxy) is 2. The van der Waals surface area contributed by atoms with Gasteiger partial charge in [0.15, 0.2) is 0 Å². The van der Waals surface area contributed by atoms with Gasteiger partial charge in [-0.1, -0.05) is 0 Å². The van der Waals surface area contributed by atoms with Crippen molar-refractivity contribution in [3.05, 3.63) is 46.2 Å². The zero-order valence-electron chi connectivity index (χ0n) is 19.9. The highest BCUT2D eigenvalue weighted by Gasteiger charge is 2.43. The third-order valence-corrected chi connectivity index (χ3v) is 6.31. The third kappa shape index (κ3) is 10.2. The first-order chi connectivity index (χ1) is 17.7. The van der Waals surface area contributed by atoms with E-state index in [1.807, 2.05) is 24.5 Å². The first-order valence-corrected chi connectivity index (χ1v) is 11.9. The van der Waals surface area contributed by atoms with Crippen LogP contribution in [-0.4, -0.2) is 80.8 Å². The molecule has 1 aliphatic heterocycles. The fraction of sp³-hybridized carbons (Fsp3) is 0.545. The molecule has 3 atom stereocenters. The Morgan fingerprint density at radius 1 is 1.11 bits per heavy atom. The van der Waals surface area contributed by atoms with Crippen molar-refractivity contribution >= 4 is 23.3 Å². The molecule has 3 unspecified atom stereocenters. The van der Waals surface area contributed by atoms with Crippen LogP contribution in [0, 0.1) is 6.92 Å². The topological polar surface area (TPSA) is 122 Å². The van der Waals surface area contributed by atoms with Gasteiger partial charge < -0.3 is 19.7 Å². The van der Waals surface area contributed by atoms with Crippen molar-refractivity contribution in [2.24, 2.45) is 0 Å². The van der Waals surface area contributed by atoms with E-state index in [4.69, 9.17) is 29.3 Å². The molecule has 1 saturated carbocycles. The van der Waals surface area contributed by atoms with Crippen molar-refractivity contribution < 1.29 is 55.6 Å². The first-order valence-electron chi connectivity index (χ1n) is 11.1. The summed E-state index contributed by atoms with van der Waals surface area (Å²) in [5, 5.41) is 17.6. The molecule has 0 spiro atoms. The lowest BCUT2D eigenvalue weighted by Crippen LogP contribution is -2.42. The summed E-state index contributed by atoms with van der Waals surface area (Å²) in [6, 6.07) is 4.44. The third-order valence-electron chi connectivity index (χ3n) is 5.35. The van der Waals surface area contributed by atoms with Gasteiger partial charge in [-0.15, -0.1) is 11.3 Å².